The van der Waals surface area contributed by atoms with E-state index in [0.717, 1.165) is 0 Å². The molecule has 0 aromatic carbocycles. The van der Waals surface area contributed by atoms with Crippen LogP contribution in [0.4, 0.5) is 0 Å². The molecule has 1 fully saturated rings. The highest BCUT2D eigenvalue weighted by molar-refractivity contribution is 5.78. The molecule has 0 spiro atoms. The fourth-order valence-corrected chi connectivity index (χ4v) is 1.38. The Balaban J connectivity index is 2.73. The predicted octanol–water partition coefficient (Wildman–Crippen LogP) is -0.650. The van der Waals surface area contributed by atoms with Crippen LogP contribution in [0.2, 0.25) is 0 Å². The summed E-state index contributed by atoms with van der Waals surface area (Å²) in [5, 5.41) is 8.69. The van der Waals surface area contributed by atoms with Crippen molar-refractivity contribution in [1.82, 2.24) is 0 Å². The lowest BCUT2D eigenvalue weighted by atomic mass is 9.90. The molecule has 0 aromatic heterocycles. The molecule has 68 valence electrons. The normalized spacial score (nSPS) is 35.8. The number of aliphatic carboxylic acids is 1. The lowest BCUT2D eigenvalue weighted by Gasteiger charge is -2.30. The number of esters is 1. The Morgan fingerprint density at radius 1 is 1.75 bits per heavy atom. The van der Waals surface area contributed by atoms with Gasteiger partial charge < -0.3 is 15.6 Å². The number of carbonyl (C=O) groups is 2. The zero-order chi connectivity index (χ0) is 9.30. The summed E-state index contributed by atoms with van der Waals surface area (Å²) in [4.78, 5) is 21.4. The number of hydrogen-bond donors (Lipinski definition) is 2. The van der Waals surface area contributed by atoms with Gasteiger partial charge in [-0.05, 0) is 6.92 Å². The summed E-state index contributed by atoms with van der Waals surface area (Å²) in [6, 6.07) is -0.626. The maximum absolute atomic E-state index is 10.8. The lowest BCUT2D eigenvalue weighted by molar-refractivity contribution is -0.166. The second-order valence-electron chi connectivity index (χ2n) is 2.93. The third-order valence-electron chi connectivity index (χ3n) is 1.97. The first-order valence-corrected chi connectivity index (χ1v) is 3.70. The largest absolute Gasteiger partial charge is 0.481 e. The first kappa shape index (κ1) is 8.99. The third-order valence-corrected chi connectivity index (χ3v) is 1.97. The molecule has 1 saturated heterocycles. The Morgan fingerprint density at radius 2 is 2.33 bits per heavy atom. The Labute approximate surface area is 69.5 Å². The van der Waals surface area contributed by atoms with Crippen molar-refractivity contribution in [2.75, 3.05) is 0 Å². The van der Waals surface area contributed by atoms with Crippen LogP contribution in [0, 0.1) is 5.92 Å². The molecule has 5 nitrogen and oxygen atoms in total. The van der Waals surface area contributed by atoms with Crippen LogP contribution in [0.5, 0.6) is 0 Å². The maximum Gasteiger partial charge on any atom is 0.311 e. The van der Waals surface area contributed by atoms with Crippen molar-refractivity contribution >= 4 is 11.9 Å². The average molecular weight is 173 g/mol. The molecule has 1 aliphatic rings. The van der Waals surface area contributed by atoms with Crippen LogP contribution in [0.1, 0.15) is 13.3 Å². The van der Waals surface area contributed by atoms with Gasteiger partial charge in [0.1, 0.15) is 12.0 Å². The van der Waals surface area contributed by atoms with Crippen LogP contribution in [-0.4, -0.2) is 29.2 Å². The number of carboxylic acids is 1. The number of carbonyl (C=O) groups excluding carboxylic acids is 1. The van der Waals surface area contributed by atoms with E-state index in [2.05, 4.69) is 0 Å². The molecule has 3 N–H and O–H groups in total. The molecule has 0 bridgehead atoms. The molecule has 12 heavy (non-hydrogen) atoms. The SMILES string of the molecule is C[C@H]1OC(=O)C[C@@H](N)[C@@H]1C(=O)O. The minimum absolute atomic E-state index is 0.0126. The van der Waals surface area contributed by atoms with Crippen molar-refractivity contribution in [1.29, 1.82) is 0 Å². The molecule has 0 unspecified atom stereocenters. The number of hydrogen-bond acceptors (Lipinski definition) is 4. The summed E-state index contributed by atoms with van der Waals surface area (Å²) in [6.45, 7) is 1.54. The van der Waals surface area contributed by atoms with E-state index in [-0.39, 0.29) is 6.42 Å². The minimum Gasteiger partial charge on any atom is -0.481 e. The van der Waals surface area contributed by atoms with E-state index < -0.39 is 30.0 Å². The molecule has 1 rings (SSSR count). The fourth-order valence-electron chi connectivity index (χ4n) is 1.38. The molecule has 0 amide bonds. The van der Waals surface area contributed by atoms with E-state index >= 15 is 0 Å². The predicted molar refractivity (Wildman–Crippen MR) is 39.3 cm³/mol. The Kier molecular flexibility index (Phi) is 2.32. The van der Waals surface area contributed by atoms with E-state index in [9.17, 15) is 9.59 Å². The molecule has 5 heteroatoms. The molecule has 0 aromatic rings. The van der Waals surface area contributed by atoms with Gasteiger partial charge in [0.25, 0.3) is 0 Å². The van der Waals surface area contributed by atoms with Gasteiger partial charge in [-0.1, -0.05) is 0 Å². The molecule has 3 atom stereocenters. The van der Waals surface area contributed by atoms with Crippen molar-refractivity contribution < 1.29 is 19.4 Å². The van der Waals surface area contributed by atoms with Gasteiger partial charge in [0.05, 0.1) is 6.42 Å². The van der Waals surface area contributed by atoms with Gasteiger partial charge in [-0.25, -0.2) is 0 Å². The Hall–Kier alpha value is -1.10. The highest BCUT2D eigenvalue weighted by atomic mass is 16.5. The number of carboxylic acid groups (broad SMARTS) is 1. The van der Waals surface area contributed by atoms with E-state index in [0.29, 0.717) is 0 Å². The number of rotatable bonds is 1. The maximum atomic E-state index is 10.8. The molecule has 0 aliphatic carbocycles. The number of cyclic esters (lactones) is 1. The monoisotopic (exact) mass is 173 g/mol. The summed E-state index contributed by atoms with van der Waals surface area (Å²) in [7, 11) is 0. The second-order valence-corrected chi connectivity index (χ2v) is 2.93. The van der Waals surface area contributed by atoms with Crippen LogP contribution in [-0.2, 0) is 14.3 Å². The standard InChI is InChI=1S/C7H11NO4/c1-3-6(7(10)11)4(8)2-5(9)12-3/h3-4,6H,2,8H2,1H3,(H,10,11)/t3-,4-,6-/m1/s1. The van der Waals surface area contributed by atoms with Crippen molar-refractivity contribution in [3.63, 3.8) is 0 Å². The van der Waals surface area contributed by atoms with Gasteiger partial charge in [-0.2, -0.15) is 0 Å². The smallest absolute Gasteiger partial charge is 0.311 e. The number of nitrogens with two attached hydrogens (primary N) is 1. The summed E-state index contributed by atoms with van der Waals surface area (Å²) in [5.74, 6) is -2.21. The molecular formula is C7H11NO4. The third kappa shape index (κ3) is 1.55. The first-order chi connectivity index (χ1) is 5.52. The molecular weight excluding hydrogens is 162 g/mol. The van der Waals surface area contributed by atoms with Gasteiger partial charge >= 0.3 is 11.9 Å². The van der Waals surface area contributed by atoms with Crippen molar-refractivity contribution in [2.24, 2.45) is 11.7 Å². The van der Waals surface area contributed by atoms with Gasteiger partial charge in [0.15, 0.2) is 0 Å². The second kappa shape index (κ2) is 3.10. The van der Waals surface area contributed by atoms with Gasteiger partial charge in [0, 0.05) is 6.04 Å². The van der Waals surface area contributed by atoms with E-state index in [1.54, 1.807) is 0 Å². The van der Waals surface area contributed by atoms with Gasteiger partial charge in [0.2, 0.25) is 0 Å². The van der Waals surface area contributed by atoms with Crippen LogP contribution in [0.15, 0.2) is 0 Å². The molecule has 0 saturated carbocycles. The lowest BCUT2D eigenvalue weighted by Crippen LogP contribution is -2.49. The highest BCUT2D eigenvalue weighted by Crippen LogP contribution is 2.20. The van der Waals surface area contributed by atoms with Gasteiger partial charge in [-0.3, -0.25) is 9.59 Å². The quantitative estimate of drug-likeness (QED) is 0.514. The topological polar surface area (TPSA) is 89.6 Å². The van der Waals surface area contributed by atoms with E-state index in [1.165, 1.54) is 6.92 Å². The van der Waals surface area contributed by atoms with E-state index in [1.807, 2.05) is 0 Å². The van der Waals surface area contributed by atoms with Crippen LogP contribution in [0.25, 0.3) is 0 Å². The average Bonchev–Trinajstić information content (AvgIpc) is 1.82. The summed E-state index contributed by atoms with van der Waals surface area (Å²) in [6.07, 6.45) is -0.639. The van der Waals surface area contributed by atoms with E-state index in [4.69, 9.17) is 15.6 Å². The number of ether oxygens (including phenoxy) is 1. The first-order valence-electron chi connectivity index (χ1n) is 3.70. The van der Waals surface area contributed by atoms with Crippen molar-refractivity contribution in [3.8, 4) is 0 Å². The zero-order valence-electron chi connectivity index (χ0n) is 6.69. The van der Waals surface area contributed by atoms with Crippen LogP contribution >= 0.6 is 0 Å². The van der Waals surface area contributed by atoms with Crippen LogP contribution < -0.4 is 5.73 Å². The van der Waals surface area contributed by atoms with Gasteiger partial charge in [-0.15, -0.1) is 0 Å². The summed E-state index contributed by atoms with van der Waals surface area (Å²) < 4.78 is 4.73. The van der Waals surface area contributed by atoms with Crippen molar-refractivity contribution in [2.45, 2.75) is 25.5 Å². The fraction of sp³-hybridized carbons (Fsp3) is 0.714. The summed E-state index contributed by atoms with van der Waals surface area (Å²) in [5.41, 5.74) is 5.48. The summed E-state index contributed by atoms with van der Waals surface area (Å²) >= 11 is 0. The molecule has 0 radical (unpaired) electrons. The Morgan fingerprint density at radius 3 is 2.75 bits per heavy atom. The molecule has 1 aliphatic heterocycles. The van der Waals surface area contributed by atoms with Crippen molar-refractivity contribution in [3.05, 3.63) is 0 Å². The molecule has 1 heterocycles. The van der Waals surface area contributed by atoms with Crippen LogP contribution in [0.3, 0.4) is 0 Å². The zero-order valence-corrected chi connectivity index (χ0v) is 6.69. The minimum atomic E-state index is -1.01. The highest BCUT2D eigenvalue weighted by Gasteiger charge is 2.38. The Bertz CT molecular complexity index is 201.